The summed E-state index contributed by atoms with van der Waals surface area (Å²) in [7, 11) is 0. The number of benzene rings is 1. The first-order valence-electron chi connectivity index (χ1n) is 9.40. The number of aromatic nitrogens is 1. The lowest BCUT2D eigenvalue weighted by atomic mass is 10.0. The van der Waals surface area contributed by atoms with Crippen molar-refractivity contribution in [3.8, 4) is 5.75 Å². The van der Waals surface area contributed by atoms with Crippen LogP contribution in [0.3, 0.4) is 0 Å². The molecule has 0 spiro atoms. The molecule has 2 aromatic rings. The van der Waals surface area contributed by atoms with Crippen molar-refractivity contribution in [3.63, 3.8) is 0 Å². The molecule has 0 bridgehead atoms. The van der Waals surface area contributed by atoms with Crippen LogP contribution in [0.5, 0.6) is 5.75 Å². The van der Waals surface area contributed by atoms with Gasteiger partial charge in [-0.25, -0.2) is 4.79 Å². The predicted molar refractivity (Wildman–Crippen MR) is 103 cm³/mol. The number of aromatic carboxylic acids is 1. The van der Waals surface area contributed by atoms with E-state index in [-0.39, 0.29) is 18.6 Å². The minimum Gasteiger partial charge on any atom is -0.491 e. The van der Waals surface area contributed by atoms with Crippen molar-refractivity contribution in [2.24, 2.45) is 0 Å². The van der Waals surface area contributed by atoms with Crippen molar-refractivity contribution in [2.75, 3.05) is 33.0 Å². The Morgan fingerprint density at radius 3 is 2.38 bits per heavy atom. The van der Waals surface area contributed by atoms with Crippen LogP contribution in [-0.4, -0.2) is 60.2 Å². The van der Waals surface area contributed by atoms with Crippen molar-refractivity contribution in [2.45, 2.75) is 25.2 Å². The molecule has 1 fully saturated rings. The lowest BCUT2D eigenvalue weighted by molar-refractivity contribution is -0.138. The maximum atomic E-state index is 12.4. The van der Waals surface area contributed by atoms with Gasteiger partial charge in [0.25, 0.3) is 0 Å². The van der Waals surface area contributed by atoms with Gasteiger partial charge in [0.1, 0.15) is 17.9 Å². The van der Waals surface area contributed by atoms with Gasteiger partial charge in [-0.2, -0.15) is 0 Å². The number of aliphatic carboxylic acids is 1. The van der Waals surface area contributed by atoms with E-state index in [0.29, 0.717) is 49.0 Å². The fraction of sp³-hybridized carbons (Fsp3) is 0.450. The average Bonchev–Trinajstić information content (AvgIpc) is 3.51. The van der Waals surface area contributed by atoms with Crippen LogP contribution >= 0.6 is 0 Å². The largest absolute Gasteiger partial charge is 0.491 e. The standard InChI is InChI=1S/C20H23NO8/c22-18(23)3-4-27-5-6-28-7-8-29-17-10-16-14(9-13(17)12-1-2-12)19(24)15(11-21-16)20(25)26/h9-12H,1-8H2,(H,21,24)(H,22,23)(H,25,26). The molecule has 3 rings (SSSR count). The number of hydrogen-bond acceptors (Lipinski definition) is 6. The summed E-state index contributed by atoms with van der Waals surface area (Å²) in [4.78, 5) is 36.8. The number of ether oxygens (including phenoxy) is 3. The molecule has 9 nitrogen and oxygen atoms in total. The van der Waals surface area contributed by atoms with E-state index in [2.05, 4.69) is 4.98 Å². The fourth-order valence-corrected chi connectivity index (χ4v) is 2.95. The highest BCUT2D eigenvalue weighted by molar-refractivity contribution is 5.92. The van der Waals surface area contributed by atoms with Crippen molar-refractivity contribution in [1.29, 1.82) is 0 Å². The molecule has 29 heavy (non-hydrogen) atoms. The second-order valence-electron chi connectivity index (χ2n) is 6.76. The normalized spacial score (nSPS) is 13.5. The molecule has 0 aliphatic heterocycles. The molecule has 9 heteroatoms. The number of rotatable bonds is 12. The predicted octanol–water partition coefficient (Wildman–Crippen LogP) is 1.99. The minimum atomic E-state index is -1.26. The Morgan fingerprint density at radius 1 is 1.03 bits per heavy atom. The number of carboxylic acids is 2. The maximum Gasteiger partial charge on any atom is 0.341 e. The molecule has 0 unspecified atom stereocenters. The molecule has 1 aromatic heterocycles. The van der Waals surface area contributed by atoms with Crippen molar-refractivity contribution >= 4 is 22.8 Å². The third-order valence-corrected chi connectivity index (χ3v) is 4.58. The summed E-state index contributed by atoms with van der Waals surface area (Å²) in [6.07, 6.45) is 3.16. The zero-order valence-corrected chi connectivity index (χ0v) is 15.8. The topological polar surface area (TPSA) is 135 Å². The van der Waals surface area contributed by atoms with Crippen LogP contribution in [0.4, 0.5) is 0 Å². The van der Waals surface area contributed by atoms with E-state index in [1.807, 2.05) is 0 Å². The maximum absolute atomic E-state index is 12.4. The quantitative estimate of drug-likeness (QED) is 0.456. The Bertz CT molecular complexity index is 947. The molecule has 156 valence electrons. The van der Waals surface area contributed by atoms with Crippen LogP contribution in [0.15, 0.2) is 23.1 Å². The summed E-state index contributed by atoms with van der Waals surface area (Å²) in [5.74, 6) is -1.20. The number of carboxylic acid groups (broad SMARTS) is 2. The number of carbonyl (C=O) groups is 2. The van der Waals surface area contributed by atoms with Gasteiger partial charge in [-0.1, -0.05) is 0 Å². The van der Waals surface area contributed by atoms with Gasteiger partial charge < -0.3 is 29.4 Å². The van der Waals surface area contributed by atoms with E-state index in [1.165, 1.54) is 6.20 Å². The van der Waals surface area contributed by atoms with Gasteiger partial charge in [0.15, 0.2) is 0 Å². The smallest absolute Gasteiger partial charge is 0.341 e. The van der Waals surface area contributed by atoms with Gasteiger partial charge in [-0.3, -0.25) is 9.59 Å². The monoisotopic (exact) mass is 405 g/mol. The van der Waals surface area contributed by atoms with Crippen molar-refractivity contribution in [3.05, 3.63) is 39.7 Å². The number of H-pyrrole nitrogens is 1. The second-order valence-corrected chi connectivity index (χ2v) is 6.76. The van der Waals surface area contributed by atoms with Gasteiger partial charge in [0, 0.05) is 17.6 Å². The lowest BCUT2D eigenvalue weighted by Gasteiger charge is -2.13. The lowest BCUT2D eigenvalue weighted by Crippen LogP contribution is -2.16. The number of fused-ring (bicyclic) bond motifs is 1. The second kappa shape index (κ2) is 9.53. The summed E-state index contributed by atoms with van der Waals surface area (Å²) in [6.45, 7) is 1.43. The molecule has 1 aliphatic rings. The Morgan fingerprint density at radius 2 is 1.72 bits per heavy atom. The molecular weight excluding hydrogens is 382 g/mol. The molecule has 0 atom stereocenters. The SMILES string of the molecule is O=C(O)CCOCCOCCOc1cc2[nH]cc(C(=O)O)c(=O)c2cc1C1CC1. The molecule has 1 aliphatic carbocycles. The van der Waals surface area contributed by atoms with E-state index in [4.69, 9.17) is 24.4 Å². The Hall–Kier alpha value is -2.91. The van der Waals surface area contributed by atoms with Gasteiger partial charge >= 0.3 is 11.9 Å². The van der Waals surface area contributed by atoms with Gasteiger partial charge in [0.05, 0.1) is 38.4 Å². The number of pyridine rings is 1. The summed E-state index contributed by atoms with van der Waals surface area (Å²) in [5, 5.41) is 18.0. The fourth-order valence-electron chi connectivity index (χ4n) is 2.95. The van der Waals surface area contributed by atoms with Gasteiger partial charge in [-0.15, -0.1) is 0 Å². The number of hydrogen-bond donors (Lipinski definition) is 3. The van der Waals surface area contributed by atoms with E-state index in [0.717, 1.165) is 18.4 Å². The third-order valence-electron chi connectivity index (χ3n) is 4.58. The van der Waals surface area contributed by atoms with Gasteiger partial charge in [-0.05, 0) is 30.4 Å². The highest BCUT2D eigenvalue weighted by Crippen LogP contribution is 2.45. The third kappa shape index (κ3) is 5.55. The first kappa shape index (κ1) is 20.8. The molecule has 3 N–H and O–H groups in total. The van der Waals surface area contributed by atoms with E-state index in [1.54, 1.807) is 12.1 Å². The van der Waals surface area contributed by atoms with E-state index >= 15 is 0 Å². The molecular formula is C20H23NO8. The number of aromatic amines is 1. The molecule has 1 aromatic carbocycles. The zero-order chi connectivity index (χ0) is 20.8. The van der Waals surface area contributed by atoms with Crippen LogP contribution in [0.1, 0.15) is 41.1 Å². The summed E-state index contributed by atoms with van der Waals surface area (Å²) in [6, 6.07) is 3.45. The average molecular weight is 405 g/mol. The van der Waals surface area contributed by atoms with Crippen LogP contribution in [0.2, 0.25) is 0 Å². The van der Waals surface area contributed by atoms with Crippen molar-refractivity contribution < 1.29 is 34.0 Å². The van der Waals surface area contributed by atoms with Crippen LogP contribution < -0.4 is 10.2 Å². The molecule has 0 saturated heterocycles. The van der Waals surface area contributed by atoms with E-state index < -0.39 is 17.4 Å². The Kier molecular flexibility index (Phi) is 6.84. The summed E-state index contributed by atoms with van der Waals surface area (Å²) in [5.41, 5.74) is 0.632. The Labute approximate surface area is 166 Å². The van der Waals surface area contributed by atoms with Crippen LogP contribution in [0, 0.1) is 0 Å². The molecule has 0 amide bonds. The highest BCUT2D eigenvalue weighted by atomic mass is 16.5. The van der Waals surface area contributed by atoms with Gasteiger partial charge in [0.2, 0.25) is 5.43 Å². The first-order chi connectivity index (χ1) is 14.0. The Balaban J connectivity index is 1.57. The highest BCUT2D eigenvalue weighted by Gasteiger charge is 2.28. The summed E-state index contributed by atoms with van der Waals surface area (Å²) >= 11 is 0. The van der Waals surface area contributed by atoms with Crippen molar-refractivity contribution in [1.82, 2.24) is 4.98 Å². The van der Waals surface area contributed by atoms with E-state index in [9.17, 15) is 14.4 Å². The zero-order valence-electron chi connectivity index (χ0n) is 15.8. The first-order valence-corrected chi connectivity index (χ1v) is 9.40. The van der Waals surface area contributed by atoms with Crippen LogP contribution in [-0.2, 0) is 14.3 Å². The number of nitrogens with one attached hydrogen (secondary N) is 1. The molecule has 0 radical (unpaired) electrons. The minimum absolute atomic E-state index is 0.0366. The molecule has 1 saturated carbocycles. The molecule has 1 heterocycles. The van der Waals surface area contributed by atoms with Crippen LogP contribution in [0.25, 0.3) is 10.9 Å². The summed E-state index contributed by atoms with van der Waals surface area (Å²) < 4.78 is 16.4.